The van der Waals surface area contributed by atoms with E-state index in [1.165, 1.54) is 46.4 Å². The summed E-state index contributed by atoms with van der Waals surface area (Å²) in [5.41, 5.74) is 1.59. The fourth-order valence-electron chi connectivity index (χ4n) is 2.96. The van der Waals surface area contributed by atoms with Crippen LogP contribution in [0.2, 0.25) is 0 Å². The first-order valence-corrected chi connectivity index (χ1v) is 7.60. The molecule has 0 radical (unpaired) electrons. The van der Waals surface area contributed by atoms with Crippen LogP contribution in [0, 0.1) is 3.57 Å². The van der Waals surface area contributed by atoms with E-state index < -0.39 is 0 Å². The standard InChI is InChI=1S/C16H17I/c17-16-11-14-9-5-4-8-13(14)10-15(16)12-6-2-1-3-7-12/h4-5,8-12H,1-3,6-7H2. The van der Waals surface area contributed by atoms with Gasteiger partial charge in [0.1, 0.15) is 0 Å². The second kappa shape index (κ2) is 4.97. The lowest BCUT2D eigenvalue weighted by Crippen LogP contribution is -2.06. The highest BCUT2D eigenvalue weighted by atomic mass is 127. The molecule has 1 saturated carbocycles. The molecule has 88 valence electrons. The van der Waals surface area contributed by atoms with Gasteiger partial charge in [0.25, 0.3) is 0 Å². The van der Waals surface area contributed by atoms with Crippen LogP contribution in [0.4, 0.5) is 0 Å². The summed E-state index contributed by atoms with van der Waals surface area (Å²) in [7, 11) is 0. The molecule has 1 aliphatic rings. The van der Waals surface area contributed by atoms with Gasteiger partial charge in [0.2, 0.25) is 0 Å². The van der Waals surface area contributed by atoms with E-state index in [9.17, 15) is 0 Å². The summed E-state index contributed by atoms with van der Waals surface area (Å²) in [6.45, 7) is 0. The Bertz CT molecular complexity index is 524. The molecule has 0 atom stereocenters. The highest BCUT2D eigenvalue weighted by Gasteiger charge is 2.18. The molecule has 0 bridgehead atoms. The van der Waals surface area contributed by atoms with E-state index in [0.29, 0.717) is 0 Å². The summed E-state index contributed by atoms with van der Waals surface area (Å²) in [5, 5.41) is 2.77. The van der Waals surface area contributed by atoms with Crippen molar-refractivity contribution in [2.45, 2.75) is 38.0 Å². The molecule has 3 rings (SSSR count). The van der Waals surface area contributed by atoms with Crippen molar-refractivity contribution < 1.29 is 0 Å². The number of hydrogen-bond acceptors (Lipinski definition) is 0. The van der Waals surface area contributed by atoms with E-state index in [0.717, 1.165) is 5.92 Å². The van der Waals surface area contributed by atoms with Gasteiger partial charge in [-0.3, -0.25) is 0 Å². The molecule has 1 heteroatoms. The fraction of sp³-hybridized carbons (Fsp3) is 0.375. The minimum atomic E-state index is 0.806. The Morgan fingerprint density at radius 3 is 2.24 bits per heavy atom. The average molecular weight is 336 g/mol. The van der Waals surface area contributed by atoms with Crippen LogP contribution >= 0.6 is 22.6 Å². The molecule has 1 aliphatic carbocycles. The molecule has 0 aromatic heterocycles. The highest BCUT2D eigenvalue weighted by Crippen LogP contribution is 2.36. The van der Waals surface area contributed by atoms with Crippen molar-refractivity contribution in [1.29, 1.82) is 0 Å². The largest absolute Gasteiger partial charge is 0.0616 e. The minimum absolute atomic E-state index is 0.806. The zero-order chi connectivity index (χ0) is 11.7. The minimum Gasteiger partial charge on any atom is -0.0616 e. The third-order valence-corrected chi connectivity index (χ3v) is 4.84. The Labute approximate surface area is 117 Å². The summed E-state index contributed by atoms with van der Waals surface area (Å²) in [4.78, 5) is 0. The molecular weight excluding hydrogens is 319 g/mol. The zero-order valence-electron chi connectivity index (χ0n) is 9.95. The van der Waals surface area contributed by atoms with Crippen molar-refractivity contribution in [3.05, 3.63) is 45.5 Å². The lowest BCUT2D eigenvalue weighted by atomic mass is 9.83. The van der Waals surface area contributed by atoms with Gasteiger partial charge in [0, 0.05) is 3.57 Å². The van der Waals surface area contributed by atoms with Crippen LogP contribution in [0.3, 0.4) is 0 Å². The average Bonchev–Trinajstić information content (AvgIpc) is 2.39. The molecule has 0 N–H and O–H groups in total. The van der Waals surface area contributed by atoms with Gasteiger partial charge in [-0.15, -0.1) is 0 Å². The van der Waals surface area contributed by atoms with E-state index >= 15 is 0 Å². The molecular formula is C16H17I. The van der Waals surface area contributed by atoms with E-state index in [2.05, 4.69) is 59.0 Å². The molecule has 1 fully saturated rings. The van der Waals surface area contributed by atoms with Gasteiger partial charge in [-0.2, -0.15) is 0 Å². The number of halogens is 1. The summed E-state index contributed by atoms with van der Waals surface area (Å²) >= 11 is 2.51. The Balaban J connectivity index is 2.06. The third-order valence-electron chi connectivity index (χ3n) is 3.91. The summed E-state index contributed by atoms with van der Waals surface area (Å²) in [5.74, 6) is 0.806. The fourth-order valence-corrected chi connectivity index (χ4v) is 3.89. The predicted octanol–water partition coefficient (Wildman–Crippen LogP) is 5.49. The summed E-state index contributed by atoms with van der Waals surface area (Å²) in [6.07, 6.45) is 7.02. The predicted molar refractivity (Wildman–Crippen MR) is 82.5 cm³/mol. The number of fused-ring (bicyclic) bond motifs is 1. The van der Waals surface area contributed by atoms with Crippen LogP contribution in [-0.2, 0) is 0 Å². The normalized spacial score (nSPS) is 17.5. The monoisotopic (exact) mass is 336 g/mol. The van der Waals surface area contributed by atoms with Crippen molar-refractivity contribution in [2.24, 2.45) is 0 Å². The van der Waals surface area contributed by atoms with E-state index in [4.69, 9.17) is 0 Å². The maximum absolute atomic E-state index is 2.51. The second-order valence-electron chi connectivity index (χ2n) is 5.06. The van der Waals surface area contributed by atoms with Gasteiger partial charge < -0.3 is 0 Å². The Kier molecular flexibility index (Phi) is 3.37. The summed E-state index contributed by atoms with van der Waals surface area (Å²) < 4.78 is 1.45. The van der Waals surface area contributed by atoms with Crippen molar-refractivity contribution in [3.8, 4) is 0 Å². The lowest BCUT2D eigenvalue weighted by Gasteiger charge is -2.23. The molecule has 17 heavy (non-hydrogen) atoms. The molecule has 0 heterocycles. The maximum Gasteiger partial charge on any atom is 0.0171 e. The van der Waals surface area contributed by atoms with Gasteiger partial charge in [0.05, 0.1) is 0 Å². The molecule has 0 nitrogen and oxygen atoms in total. The van der Waals surface area contributed by atoms with Crippen LogP contribution in [0.5, 0.6) is 0 Å². The van der Waals surface area contributed by atoms with Gasteiger partial charge in [0.15, 0.2) is 0 Å². The number of rotatable bonds is 1. The van der Waals surface area contributed by atoms with Crippen molar-refractivity contribution in [3.63, 3.8) is 0 Å². The molecule has 2 aromatic carbocycles. The molecule has 0 saturated heterocycles. The first-order chi connectivity index (χ1) is 8.34. The number of benzene rings is 2. The Hall–Kier alpha value is -0.570. The van der Waals surface area contributed by atoms with Gasteiger partial charge in [-0.25, -0.2) is 0 Å². The number of hydrogen-bond donors (Lipinski definition) is 0. The molecule has 2 aromatic rings. The first-order valence-electron chi connectivity index (χ1n) is 6.53. The molecule has 0 unspecified atom stereocenters. The van der Waals surface area contributed by atoms with Crippen LogP contribution in [-0.4, -0.2) is 0 Å². The maximum atomic E-state index is 2.51. The van der Waals surface area contributed by atoms with Gasteiger partial charge in [-0.05, 0) is 69.8 Å². The van der Waals surface area contributed by atoms with E-state index in [1.54, 1.807) is 5.56 Å². The van der Waals surface area contributed by atoms with Gasteiger partial charge >= 0.3 is 0 Å². The Morgan fingerprint density at radius 1 is 0.882 bits per heavy atom. The first kappa shape index (κ1) is 11.5. The van der Waals surface area contributed by atoms with E-state index in [1.807, 2.05) is 0 Å². The highest BCUT2D eigenvalue weighted by molar-refractivity contribution is 14.1. The Morgan fingerprint density at radius 2 is 1.53 bits per heavy atom. The topological polar surface area (TPSA) is 0 Å². The van der Waals surface area contributed by atoms with Crippen LogP contribution in [0.15, 0.2) is 36.4 Å². The van der Waals surface area contributed by atoms with Crippen molar-refractivity contribution in [1.82, 2.24) is 0 Å². The SMILES string of the molecule is Ic1cc2ccccc2cc1C1CCCCC1. The molecule has 0 amide bonds. The second-order valence-corrected chi connectivity index (χ2v) is 6.22. The zero-order valence-corrected chi connectivity index (χ0v) is 12.1. The van der Waals surface area contributed by atoms with Crippen molar-refractivity contribution in [2.75, 3.05) is 0 Å². The third kappa shape index (κ3) is 2.35. The lowest BCUT2D eigenvalue weighted by molar-refractivity contribution is 0.443. The molecule has 0 aliphatic heterocycles. The van der Waals surface area contributed by atoms with Gasteiger partial charge in [-0.1, -0.05) is 43.5 Å². The summed E-state index contributed by atoms with van der Waals surface area (Å²) in [6, 6.07) is 13.5. The van der Waals surface area contributed by atoms with Crippen molar-refractivity contribution >= 4 is 33.4 Å². The molecule has 0 spiro atoms. The van der Waals surface area contributed by atoms with Crippen LogP contribution in [0.1, 0.15) is 43.6 Å². The van der Waals surface area contributed by atoms with Crippen LogP contribution in [0.25, 0.3) is 10.8 Å². The van der Waals surface area contributed by atoms with Crippen LogP contribution < -0.4 is 0 Å². The van der Waals surface area contributed by atoms with E-state index in [-0.39, 0.29) is 0 Å². The smallest absolute Gasteiger partial charge is 0.0171 e. The quantitative estimate of drug-likeness (QED) is 0.604.